The molecule has 2 aromatic rings. The Kier molecular flexibility index (Phi) is 3.15. The van der Waals surface area contributed by atoms with Crippen molar-refractivity contribution >= 4 is 34.8 Å². The van der Waals surface area contributed by atoms with Gasteiger partial charge in [0.25, 0.3) is 0 Å². The largest absolute Gasteiger partial charge is 0.263 e. The van der Waals surface area contributed by atoms with Gasteiger partial charge in [-0.1, -0.05) is 34.8 Å². The average molecular weight is 259 g/mol. The van der Waals surface area contributed by atoms with Crippen molar-refractivity contribution < 1.29 is 0 Å². The van der Waals surface area contributed by atoms with Gasteiger partial charge in [-0.05, 0) is 29.8 Å². The second kappa shape index (κ2) is 4.40. The van der Waals surface area contributed by atoms with Crippen molar-refractivity contribution in [3.8, 4) is 11.1 Å². The first-order valence-corrected chi connectivity index (χ1v) is 5.36. The maximum atomic E-state index is 6.01. The number of benzene rings is 1. The summed E-state index contributed by atoms with van der Waals surface area (Å²) in [4.78, 5) is 3.92. The predicted octanol–water partition coefficient (Wildman–Crippen LogP) is 4.71. The molecule has 0 aliphatic rings. The molecule has 0 aliphatic carbocycles. The Morgan fingerprint density at radius 2 is 1.60 bits per heavy atom. The Morgan fingerprint density at radius 3 is 2.20 bits per heavy atom. The molecule has 0 radical (unpaired) electrons. The Labute approximate surface area is 103 Å². The molecule has 4 heteroatoms. The van der Waals surface area contributed by atoms with E-state index in [4.69, 9.17) is 34.8 Å². The van der Waals surface area contributed by atoms with Crippen molar-refractivity contribution in [2.45, 2.75) is 0 Å². The second-order valence-electron chi connectivity index (χ2n) is 3.01. The van der Waals surface area contributed by atoms with E-state index in [1.54, 1.807) is 18.5 Å². The van der Waals surface area contributed by atoms with Crippen LogP contribution in [0.5, 0.6) is 0 Å². The Bertz CT molecular complexity index is 477. The molecule has 0 unspecified atom stereocenters. The van der Waals surface area contributed by atoms with Gasteiger partial charge in [0.1, 0.15) is 0 Å². The number of halogens is 3. The molecule has 1 aromatic heterocycles. The van der Waals surface area contributed by atoms with Gasteiger partial charge in [-0.2, -0.15) is 0 Å². The van der Waals surface area contributed by atoms with Crippen LogP contribution < -0.4 is 0 Å². The van der Waals surface area contributed by atoms with Crippen LogP contribution in [0.25, 0.3) is 11.1 Å². The molecule has 15 heavy (non-hydrogen) atoms. The maximum Gasteiger partial charge on any atom is 0.0667 e. The highest BCUT2D eigenvalue weighted by Crippen LogP contribution is 2.31. The van der Waals surface area contributed by atoms with Crippen LogP contribution >= 0.6 is 34.8 Å². The average Bonchev–Trinajstić information content (AvgIpc) is 2.16. The Hall–Kier alpha value is -0.760. The van der Waals surface area contributed by atoms with E-state index in [0.717, 1.165) is 11.1 Å². The number of hydrogen-bond donors (Lipinski definition) is 0. The van der Waals surface area contributed by atoms with E-state index in [-0.39, 0.29) is 0 Å². The van der Waals surface area contributed by atoms with Crippen LogP contribution in [0.1, 0.15) is 0 Å². The molecule has 1 nitrogen and oxygen atoms in total. The van der Waals surface area contributed by atoms with Crippen LogP contribution in [-0.4, -0.2) is 4.98 Å². The summed E-state index contributed by atoms with van der Waals surface area (Å²) >= 11 is 17.8. The lowest BCUT2D eigenvalue weighted by atomic mass is 10.1. The Morgan fingerprint density at radius 1 is 0.933 bits per heavy atom. The summed E-state index contributed by atoms with van der Waals surface area (Å²) in [6.45, 7) is 0. The minimum Gasteiger partial charge on any atom is -0.263 e. The van der Waals surface area contributed by atoms with Gasteiger partial charge in [0.2, 0.25) is 0 Å². The molecule has 0 spiro atoms. The second-order valence-corrected chi connectivity index (χ2v) is 4.29. The number of pyridine rings is 1. The van der Waals surface area contributed by atoms with Crippen molar-refractivity contribution in [2.24, 2.45) is 0 Å². The SMILES string of the molecule is Clc1cc(Cl)cc(-c2ccncc2Cl)c1. The molecular formula is C11H6Cl3N. The molecular weight excluding hydrogens is 252 g/mol. The first-order chi connectivity index (χ1) is 7.16. The van der Waals surface area contributed by atoms with Crippen LogP contribution in [0, 0.1) is 0 Å². The fraction of sp³-hybridized carbons (Fsp3) is 0. The Balaban J connectivity index is 2.59. The fourth-order valence-corrected chi connectivity index (χ4v) is 2.07. The van der Waals surface area contributed by atoms with Gasteiger partial charge in [-0.15, -0.1) is 0 Å². The third-order valence-electron chi connectivity index (χ3n) is 1.95. The summed E-state index contributed by atoms with van der Waals surface area (Å²) in [7, 11) is 0. The first kappa shape index (κ1) is 10.7. The van der Waals surface area contributed by atoms with Gasteiger partial charge in [0, 0.05) is 28.0 Å². The number of aromatic nitrogens is 1. The summed E-state index contributed by atoms with van der Waals surface area (Å²) in [6.07, 6.45) is 3.27. The van der Waals surface area contributed by atoms with Crippen molar-refractivity contribution in [2.75, 3.05) is 0 Å². The van der Waals surface area contributed by atoms with Crippen molar-refractivity contribution in [3.05, 3.63) is 51.7 Å². The molecule has 0 N–H and O–H groups in total. The van der Waals surface area contributed by atoms with E-state index in [1.807, 2.05) is 18.2 Å². The highest BCUT2D eigenvalue weighted by molar-refractivity contribution is 6.36. The highest BCUT2D eigenvalue weighted by atomic mass is 35.5. The smallest absolute Gasteiger partial charge is 0.0667 e. The van der Waals surface area contributed by atoms with Gasteiger partial charge in [-0.3, -0.25) is 4.98 Å². The fourth-order valence-electron chi connectivity index (χ4n) is 1.32. The standard InChI is InChI=1S/C11H6Cl3N/c12-8-3-7(4-9(13)5-8)10-1-2-15-6-11(10)14/h1-6H. The molecule has 1 heterocycles. The number of nitrogens with zero attached hydrogens (tertiary/aromatic N) is 1. The molecule has 76 valence electrons. The minimum absolute atomic E-state index is 0.579. The first-order valence-electron chi connectivity index (χ1n) is 4.23. The summed E-state index contributed by atoms with van der Waals surface area (Å²) in [5, 5.41) is 1.76. The molecule has 0 saturated carbocycles. The van der Waals surface area contributed by atoms with Crippen LogP contribution in [0.3, 0.4) is 0 Å². The topological polar surface area (TPSA) is 12.9 Å². The van der Waals surface area contributed by atoms with Crippen LogP contribution in [0.15, 0.2) is 36.7 Å². The minimum atomic E-state index is 0.579. The van der Waals surface area contributed by atoms with Gasteiger partial charge in [-0.25, -0.2) is 0 Å². The van der Waals surface area contributed by atoms with Crippen molar-refractivity contribution in [1.29, 1.82) is 0 Å². The molecule has 1 aromatic carbocycles. The summed E-state index contributed by atoms with van der Waals surface area (Å²) in [5.41, 5.74) is 1.76. The normalized spacial score (nSPS) is 10.3. The van der Waals surface area contributed by atoms with E-state index < -0.39 is 0 Å². The molecule has 0 aliphatic heterocycles. The van der Waals surface area contributed by atoms with E-state index in [1.165, 1.54) is 0 Å². The van der Waals surface area contributed by atoms with E-state index in [0.29, 0.717) is 15.1 Å². The van der Waals surface area contributed by atoms with Crippen molar-refractivity contribution in [3.63, 3.8) is 0 Å². The molecule has 2 rings (SSSR count). The quantitative estimate of drug-likeness (QED) is 0.722. The predicted molar refractivity (Wildman–Crippen MR) is 64.7 cm³/mol. The lowest BCUT2D eigenvalue weighted by Crippen LogP contribution is -1.81. The molecule has 0 atom stereocenters. The number of hydrogen-bond acceptors (Lipinski definition) is 1. The lowest BCUT2D eigenvalue weighted by Gasteiger charge is -2.04. The van der Waals surface area contributed by atoms with Crippen LogP contribution in [0.2, 0.25) is 15.1 Å². The van der Waals surface area contributed by atoms with E-state index in [2.05, 4.69) is 4.98 Å². The van der Waals surface area contributed by atoms with Gasteiger partial charge in [0.15, 0.2) is 0 Å². The highest BCUT2D eigenvalue weighted by Gasteiger charge is 2.04. The van der Waals surface area contributed by atoms with Gasteiger partial charge >= 0.3 is 0 Å². The third-order valence-corrected chi connectivity index (χ3v) is 2.68. The lowest BCUT2D eigenvalue weighted by molar-refractivity contribution is 1.33. The van der Waals surface area contributed by atoms with Crippen molar-refractivity contribution in [1.82, 2.24) is 4.98 Å². The number of rotatable bonds is 1. The zero-order valence-corrected chi connectivity index (χ0v) is 9.81. The molecule has 0 amide bonds. The van der Waals surface area contributed by atoms with Gasteiger partial charge < -0.3 is 0 Å². The van der Waals surface area contributed by atoms with Gasteiger partial charge in [0.05, 0.1) is 5.02 Å². The van der Waals surface area contributed by atoms with Crippen LogP contribution in [0.4, 0.5) is 0 Å². The zero-order chi connectivity index (χ0) is 10.8. The zero-order valence-electron chi connectivity index (χ0n) is 7.55. The molecule has 0 saturated heterocycles. The summed E-state index contributed by atoms with van der Waals surface area (Å²) < 4.78 is 0. The monoisotopic (exact) mass is 257 g/mol. The summed E-state index contributed by atoms with van der Waals surface area (Å²) in [6, 6.07) is 7.13. The third kappa shape index (κ3) is 2.43. The molecule has 0 bridgehead atoms. The van der Waals surface area contributed by atoms with E-state index >= 15 is 0 Å². The molecule has 0 fully saturated rings. The van der Waals surface area contributed by atoms with E-state index in [9.17, 15) is 0 Å². The maximum absolute atomic E-state index is 6.01. The van der Waals surface area contributed by atoms with Crippen LogP contribution in [-0.2, 0) is 0 Å². The summed E-state index contributed by atoms with van der Waals surface area (Å²) in [5.74, 6) is 0.